The lowest BCUT2D eigenvalue weighted by molar-refractivity contribution is -0.143. The summed E-state index contributed by atoms with van der Waals surface area (Å²) in [6.07, 6.45) is 9.03. The predicted molar refractivity (Wildman–Crippen MR) is 142 cm³/mol. The molecular weight excluding hydrogens is 550 g/mol. The average Bonchev–Trinajstić information content (AvgIpc) is 3.19. The van der Waals surface area contributed by atoms with Gasteiger partial charge in [-0.25, -0.2) is 0 Å². The number of Topliss-reactive ketones (excluding diaryl/α,β-unsaturated/α-hetero) is 1. The average molecular weight is 580 g/mol. The minimum Gasteiger partial charge on any atom is -0.491 e. The van der Waals surface area contributed by atoms with E-state index in [0.29, 0.717) is 23.3 Å². The van der Waals surface area contributed by atoms with Gasteiger partial charge in [0.15, 0.2) is 11.6 Å². The lowest BCUT2D eigenvalue weighted by atomic mass is 9.59. The number of hydrogen-bond donors (Lipinski definition) is 1. The molecule has 0 spiro atoms. The number of ether oxygens (including phenoxy) is 1. The Morgan fingerprint density at radius 2 is 1.71 bits per heavy atom. The number of rotatable bonds is 5. The van der Waals surface area contributed by atoms with Gasteiger partial charge in [-0.15, -0.1) is 0 Å². The van der Waals surface area contributed by atoms with E-state index in [1.807, 2.05) is 12.1 Å². The largest absolute Gasteiger partial charge is 0.491 e. The normalized spacial score (nSPS) is 29.6. The molecule has 0 aromatic heterocycles. The Balaban J connectivity index is 1.41. The zero-order valence-electron chi connectivity index (χ0n) is 21.0. The van der Waals surface area contributed by atoms with Crippen molar-refractivity contribution in [2.45, 2.75) is 56.9 Å². The summed E-state index contributed by atoms with van der Waals surface area (Å²) in [5, 5.41) is 9.06. The number of nitrogens with zero attached hydrogens (tertiary/aromatic N) is 1. The Morgan fingerprint density at radius 3 is 2.42 bits per heavy atom. The topological polar surface area (TPSA) is 101 Å². The minimum atomic E-state index is -0.513. The van der Waals surface area contributed by atoms with Crippen LogP contribution in [0.3, 0.4) is 0 Å². The molecule has 1 N–H and O–H groups in total. The van der Waals surface area contributed by atoms with Gasteiger partial charge in [-0.05, 0) is 65.2 Å². The zero-order valence-corrected chi connectivity index (χ0v) is 22.6. The third kappa shape index (κ3) is 4.04. The molecular formula is C30H30BrNO6. The second kappa shape index (κ2) is 10.0. The van der Waals surface area contributed by atoms with Crippen molar-refractivity contribution in [2.24, 2.45) is 17.8 Å². The number of hydrogen-bond acceptors (Lipinski definition) is 6. The van der Waals surface area contributed by atoms with Crippen LogP contribution in [0, 0.1) is 17.8 Å². The van der Waals surface area contributed by atoms with E-state index < -0.39 is 17.8 Å². The summed E-state index contributed by atoms with van der Waals surface area (Å²) in [4.78, 5) is 55.7. The summed E-state index contributed by atoms with van der Waals surface area (Å²) in [6.45, 7) is 0.0774. The lowest BCUT2D eigenvalue weighted by Gasteiger charge is -2.42. The monoisotopic (exact) mass is 579 g/mol. The van der Waals surface area contributed by atoms with Crippen molar-refractivity contribution >= 4 is 39.3 Å². The fourth-order valence-electron chi connectivity index (χ4n) is 7.23. The number of halogens is 1. The van der Waals surface area contributed by atoms with Gasteiger partial charge in [0.05, 0.1) is 22.9 Å². The van der Waals surface area contributed by atoms with Crippen LogP contribution >= 0.6 is 15.9 Å². The van der Waals surface area contributed by atoms with Crippen LogP contribution in [0.15, 0.2) is 57.6 Å². The number of benzene rings is 1. The Labute approximate surface area is 229 Å². The van der Waals surface area contributed by atoms with E-state index in [1.165, 1.54) is 6.08 Å². The number of allylic oxidation sites excluding steroid dienone is 6. The van der Waals surface area contributed by atoms with Gasteiger partial charge in [0.2, 0.25) is 11.8 Å². The minimum absolute atomic E-state index is 0.0339. The van der Waals surface area contributed by atoms with Gasteiger partial charge in [-0.2, -0.15) is 0 Å². The summed E-state index contributed by atoms with van der Waals surface area (Å²) >= 11 is 3.27. The zero-order chi connectivity index (χ0) is 26.6. The van der Waals surface area contributed by atoms with Gasteiger partial charge in [-0.3, -0.25) is 24.1 Å². The second-order valence-electron chi connectivity index (χ2n) is 10.9. The highest BCUT2D eigenvalue weighted by Crippen LogP contribution is 2.55. The molecule has 1 saturated heterocycles. The van der Waals surface area contributed by atoms with Crippen molar-refractivity contribution in [3.8, 4) is 5.75 Å². The molecule has 6 rings (SSSR count). The molecule has 5 aliphatic rings. The van der Waals surface area contributed by atoms with Crippen molar-refractivity contribution in [2.75, 3.05) is 13.2 Å². The standard InChI is InChI=1S/C30H30BrNO6/c31-23-15-24(34)27-22(28(23)35)14-21-19(25(27)16-6-8-18(9-7-16)38-13-12-33)10-11-20-26(21)30(37)32(29(20)36)17-4-2-1-3-5-17/h6-10,15,17,20-21,25-26,33H,1-5,11-14H2/t20-,21+,25-,26-/m0/s1. The molecule has 1 aliphatic heterocycles. The van der Waals surface area contributed by atoms with Crippen LogP contribution in [0.25, 0.3) is 0 Å². The number of ketones is 2. The molecule has 2 amide bonds. The molecule has 38 heavy (non-hydrogen) atoms. The summed E-state index contributed by atoms with van der Waals surface area (Å²) < 4.78 is 5.74. The van der Waals surface area contributed by atoms with E-state index >= 15 is 0 Å². The van der Waals surface area contributed by atoms with Gasteiger partial charge in [0, 0.05) is 29.2 Å². The Morgan fingerprint density at radius 1 is 0.974 bits per heavy atom. The molecule has 198 valence electrons. The fraction of sp³-hybridized carbons (Fsp3) is 0.467. The molecule has 7 nitrogen and oxygen atoms in total. The highest BCUT2D eigenvalue weighted by molar-refractivity contribution is 9.12. The van der Waals surface area contributed by atoms with E-state index in [0.717, 1.165) is 43.2 Å². The van der Waals surface area contributed by atoms with Crippen LogP contribution in [0.5, 0.6) is 5.75 Å². The maximum atomic E-state index is 13.9. The maximum Gasteiger partial charge on any atom is 0.233 e. The van der Waals surface area contributed by atoms with Crippen molar-refractivity contribution in [3.05, 3.63) is 63.2 Å². The number of aliphatic hydroxyl groups is 1. The molecule has 1 saturated carbocycles. The van der Waals surface area contributed by atoms with Gasteiger partial charge in [-0.1, -0.05) is 43.0 Å². The maximum absolute atomic E-state index is 13.9. The number of fused-ring (bicyclic) bond motifs is 3. The first kappa shape index (κ1) is 25.4. The summed E-state index contributed by atoms with van der Waals surface area (Å²) in [5.41, 5.74) is 2.68. The number of carbonyl (C=O) groups excluding carboxylic acids is 4. The first-order chi connectivity index (χ1) is 18.4. The van der Waals surface area contributed by atoms with E-state index in [1.54, 1.807) is 17.0 Å². The van der Waals surface area contributed by atoms with Crippen molar-refractivity contribution in [1.82, 2.24) is 4.90 Å². The fourth-order valence-corrected chi connectivity index (χ4v) is 7.68. The molecule has 4 atom stereocenters. The van der Waals surface area contributed by atoms with Crippen LogP contribution < -0.4 is 4.74 Å². The Hall–Kier alpha value is -2.84. The highest BCUT2D eigenvalue weighted by atomic mass is 79.9. The van der Waals surface area contributed by atoms with Crippen molar-refractivity contribution in [1.29, 1.82) is 0 Å². The molecule has 1 aromatic carbocycles. The van der Waals surface area contributed by atoms with Crippen molar-refractivity contribution in [3.63, 3.8) is 0 Å². The molecule has 0 radical (unpaired) electrons. The lowest BCUT2D eigenvalue weighted by Crippen LogP contribution is -2.43. The molecule has 2 fully saturated rings. The van der Waals surface area contributed by atoms with Gasteiger partial charge in [0.1, 0.15) is 12.4 Å². The molecule has 1 aromatic rings. The van der Waals surface area contributed by atoms with E-state index in [2.05, 4.69) is 22.0 Å². The van der Waals surface area contributed by atoms with E-state index in [4.69, 9.17) is 9.84 Å². The summed E-state index contributed by atoms with van der Waals surface area (Å²) in [5.74, 6) is -1.75. The predicted octanol–water partition coefficient (Wildman–Crippen LogP) is 4.15. The third-order valence-corrected chi connectivity index (χ3v) is 9.47. The van der Waals surface area contributed by atoms with Crippen LogP contribution in [0.2, 0.25) is 0 Å². The number of carbonyl (C=O) groups is 4. The number of likely N-dealkylation sites (tertiary alicyclic amines) is 1. The number of amides is 2. The third-order valence-electron chi connectivity index (χ3n) is 8.88. The Bertz CT molecular complexity index is 1300. The van der Waals surface area contributed by atoms with Crippen LogP contribution in [-0.2, 0) is 19.2 Å². The van der Waals surface area contributed by atoms with E-state index in [9.17, 15) is 19.2 Å². The van der Waals surface area contributed by atoms with Gasteiger partial charge in [0.25, 0.3) is 0 Å². The summed E-state index contributed by atoms with van der Waals surface area (Å²) in [6, 6.07) is 7.29. The SMILES string of the molecule is O=C1C=C(Br)C(=O)C2=C1[C@@H](c1ccc(OCCO)cc1)C1=CC[C@@H]3C(=O)N(C4CCCCC4)C(=O)[C@@H]3[C@@H]1C2. The molecule has 0 bridgehead atoms. The number of aliphatic hydroxyl groups excluding tert-OH is 1. The van der Waals surface area contributed by atoms with Gasteiger partial charge < -0.3 is 9.84 Å². The highest BCUT2D eigenvalue weighted by Gasteiger charge is 2.57. The molecule has 0 unspecified atom stereocenters. The Kier molecular flexibility index (Phi) is 6.72. The van der Waals surface area contributed by atoms with E-state index in [-0.39, 0.29) is 59.5 Å². The first-order valence-electron chi connectivity index (χ1n) is 13.5. The second-order valence-corrected chi connectivity index (χ2v) is 11.7. The van der Waals surface area contributed by atoms with Crippen LogP contribution in [0.4, 0.5) is 0 Å². The molecule has 4 aliphatic carbocycles. The van der Waals surface area contributed by atoms with Crippen molar-refractivity contribution < 1.29 is 29.0 Å². The molecule has 1 heterocycles. The smallest absolute Gasteiger partial charge is 0.233 e. The number of imide groups is 1. The van der Waals surface area contributed by atoms with Gasteiger partial charge >= 0.3 is 0 Å². The van der Waals surface area contributed by atoms with Crippen LogP contribution in [0.1, 0.15) is 56.4 Å². The quantitative estimate of drug-likeness (QED) is 0.319. The van der Waals surface area contributed by atoms with Crippen LogP contribution in [-0.4, -0.2) is 52.6 Å². The molecule has 8 heteroatoms. The summed E-state index contributed by atoms with van der Waals surface area (Å²) in [7, 11) is 0. The first-order valence-corrected chi connectivity index (χ1v) is 14.3.